The van der Waals surface area contributed by atoms with Crippen LogP contribution in [0.2, 0.25) is 0 Å². The summed E-state index contributed by atoms with van der Waals surface area (Å²) in [4.78, 5) is 20.9. The van der Waals surface area contributed by atoms with Gasteiger partial charge in [0.05, 0.1) is 9.82 Å². The lowest BCUT2D eigenvalue weighted by Crippen LogP contribution is -2.20. The summed E-state index contributed by atoms with van der Waals surface area (Å²) < 4.78 is 91.1. The van der Waals surface area contributed by atoms with Gasteiger partial charge in [0.25, 0.3) is 5.91 Å². The van der Waals surface area contributed by atoms with E-state index in [1.165, 1.54) is 18.2 Å². The van der Waals surface area contributed by atoms with E-state index in [0.717, 1.165) is 12.1 Å². The quantitative estimate of drug-likeness (QED) is 0.259. The Morgan fingerprint density at radius 1 is 1.13 bits per heavy atom. The van der Waals surface area contributed by atoms with E-state index in [2.05, 4.69) is 5.32 Å². The summed E-state index contributed by atoms with van der Waals surface area (Å²) in [6.45, 7) is -0.834. The molecule has 0 heterocycles. The number of halogens is 6. The van der Waals surface area contributed by atoms with Crippen molar-refractivity contribution in [3.05, 3.63) is 52.6 Å². The van der Waals surface area contributed by atoms with E-state index < -0.39 is 67.3 Å². The van der Waals surface area contributed by atoms with Crippen molar-refractivity contribution in [1.82, 2.24) is 0 Å². The zero-order valence-corrected chi connectivity index (χ0v) is 16.5. The van der Waals surface area contributed by atoms with Crippen LogP contribution in [0.15, 0.2) is 52.3 Å². The molecule has 2 aromatic rings. The smallest absolute Gasteiger partial charge is 0.475 e. The fraction of sp³-hybridized carbons (Fsp3) is 0.188. The number of thioether (sulfide) groups is 1. The highest BCUT2D eigenvalue weighted by atomic mass is 32.2. The Kier molecular flexibility index (Phi) is 7.54. The first-order valence-corrected chi connectivity index (χ1v) is 9.78. The normalized spacial score (nSPS) is 12.8. The van der Waals surface area contributed by atoms with Gasteiger partial charge in [-0.2, -0.15) is 26.3 Å². The van der Waals surface area contributed by atoms with Crippen molar-refractivity contribution in [3.8, 4) is 5.75 Å². The molecule has 0 aliphatic carbocycles. The SMILES string of the molecule is O=C(COc1ccc([S@@](=O)C(F)(F)F)cc1[N+](=O)[O-])Nc1cccc(SC(F)(F)F)c1. The summed E-state index contributed by atoms with van der Waals surface area (Å²) in [5, 5.41) is 13.3. The largest absolute Gasteiger partial charge is 0.477 e. The molecule has 2 aromatic carbocycles. The maximum atomic E-state index is 12.5. The molecule has 0 saturated carbocycles. The molecule has 0 radical (unpaired) electrons. The summed E-state index contributed by atoms with van der Waals surface area (Å²) in [6, 6.07) is 6.62. The summed E-state index contributed by atoms with van der Waals surface area (Å²) in [5.74, 6) is -1.46. The summed E-state index contributed by atoms with van der Waals surface area (Å²) >= 11 is -0.400. The lowest BCUT2D eigenvalue weighted by atomic mass is 10.3. The number of hydrogen-bond donors (Lipinski definition) is 1. The van der Waals surface area contributed by atoms with Crippen LogP contribution in [-0.4, -0.2) is 32.7 Å². The fourth-order valence-electron chi connectivity index (χ4n) is 2.12. The number of nitrogens with zero attached hydrogens (tertiary/aromatic N) is 1. The molecule has 168 valence electrons. The van der Waals surface area contributed by atoms with Crippen LogP contribution in [0.5, 0.6) is 5.75 Å². The number of hydrogen-bond acceptors (Lipinski definition) is 6. The number of rotatable bonds is 7. The maximum Gasteiger partial charge on any atom is 0.475 e. The molecule has 0 saturated heterocycles. The van der Waals surface area contributed by atoms with Crippen LogP contribution in [0.25, 0.3) is 0 Å². The standard InChI is InChI=1S/C16H10F6N2O5S2/c17-15(18,19)30-10-3-1-2-9(6-10)23-14(25)8-29-13-5-4-11(7-12(13)24(26)27)31(28)16(20,21)22/h1-7H,8H2,(H,23,25)/t31-/m1/s1. The van der Waals surface area contributed by atoms with E-state index in [4.69, 9.17) is 4.74 Å². The van der Waals surface area contributed by atoms with Gasteiger partial charge >= 0.3 is 16.7 Å². The number of ether oxygens (including phenoxy) is 1. The molecule has 31 heavy (non-hydrogen) atoms. The van der Waals surface area contributed by atoms with Crippen molar-refractivity contribution in [2.45, 2.75) is 20.8 Å². The van der Waals surface area contributed by atoms with Crippen LogP contribution >= 0.6 is 11.8 Å². The van der Waals surface area contributed by atoms with E-state index in [1.807, 2.05) is 0 Å². The molecule has 0 aliphatic rings. The Morgan fingerprint density at radius 2 is 1.81 bits per heavy atom. The molecule has 1 atom stereocenters. The number of nitro groups is 1. The number of amides is 1. The van der Waals surface area contributed by atoms with Crippen LogP contribution in [-0.2, 0) is 15.6 Å². The van der Waals surface area contributed by atoms with Crippen molar-refractivity contribution >= 4 is 39.8 Å². The van der Waals surface area contributed by atoms with E-state index in [1.54, 1.807) is 0 Å². The number of carbonyl (C=O) groups excluding carboxylic acids is 1. The Labute approximate surface area is 176 Å². The van der Waals surface area contributed by atoms with Crippen LogP contribution in [0, 0.1) is 10.1 Å². The zero-order chi connectivity index (χ0) is 23.4. The predicted octanol–water partition coefficient (Wildman–Crippen LogP) is 4.85. The highest BCUT2D eigenvalue weighted by molar-refractivity contribution is 8.00. The summed E-state index contributed by atoms with van der Waals surface area (Å²) in [5.41, 5.74) is -10.6. The Balaban J connectivity index is 2.09. The van der Waals surface area contributed by atoms with Gasteiger partial charge in [-0.25, -0.2) is 4.21 Å². The molecule has 0 fully saturated rings. The van der Waals surface area contributed by atoms with Crippen molar-refractivity contribution in [2.75, 3.05) is 11.9 Å². The first kappa shape index (κ1) is 24.5. The van der Waals surface area contributed by atoms with E-state index >= 15 is 0 Å². The molecule has 0 aromatic heterocycles. The predicted molar refractivity (Wildman–Crippen MR) is 98.0 cm³/mol. The monoisotopic (exact) mass is 488 g/mol. The molecular weight excluding hydrogens is 478 g/mol. The third-order valence-corrected chi connectivity index (χ3v) is 5.09. The van der Waals surface area contributed by atoms with Gasteiger partial charge in [-0.15, -0.1) is 0 Å². The van der Waals surface area contributed by atoms with Gasteiger partial charge in [0.1, 0.15) is 0 Å². The van der Waals surface area contributed by atoms with E-state index in [9.17, 15) is 45.5 Å². The third-order valence-electron chi connectivity index (χ3n) is 3.26. The van der Waals surface area contributed by atoms with Crippen LogP contribution in [0.1, 0.15) is 0 Å². The van der Waals surface area contributed by atoms with E-state index in [-0.39, 0.29) is 10.6 Å². The van der Waals surface area contributed by atoms with Crippen molar-refractivity contribution < 1.29 is 45.0 Å². The number of anilines is 1. The lowest BCUT2D eigenvalue weighted by Gasteiger charge is -2.11. The van der Waals surface area contributed by atoms with Crippen LogP contribution in [0.3, 0.4) is 0 Å². The number of nitrogens with one attached hydrogen (secondary N) is 1. The third kappa shape index (κ3) is 7.43. The summed E-state index contributed by atoms with van der Waals surface area (Å²) in [7, 11) is -3.51. The zero-order valence-electron chi connectivity index (χ0n) is 14.8. The van der Waals surface area contributed by atoms with Gasteiger partial charge in [0, 0.05) is 16.6 Å². The minimum atomic E-state index is -5.13. The first-order valence-electron chi connectivity index (χ1n) is 7.82. The second kappa shape index (κ2) is 9.55. The van der Waals surface area contributed by atoms with E-state index in [0.29, 0.717) is 12.1 Å². The molecule has 1 N–H and O–H groups in total. The average molecular weight is 488 g/mol. The summed E-state index contributed by atoms with van der Waals surface area (Å²) in [6.07, 6.45) is 0. The van der Waals surface area contributed by atoms with Crippen molar-refractivity contribution in [2.24, 2.45) is 0 Å². The molecule has 0 unspecified atom stereocenters. The average Bonchev–Trinajstić information content (AvgIpc) is 2.63. The number of carbonyl (C=O) groups is 1. The molecule has 0 bridgehead atoms. The molecule has 2 rings (SSSR count). The molecule has 15 heteroatoms. The van der Waals surface area contributed by atoms with Crippen LogP contribution < -0.4 is 10.1 Å². The molecule has 7 nitrogen and oxygen atoms in total. The molecule has 0 aliphatic heterocycles. The lowest BCUT2D eigenvalue weighted by molar-refractivity contribution is -0.386. The fourth-order valence-corrected chi connectivity index (χ4v) is 3.40. The van der Waals surface area contributed by atoms with Crippen molar-refractivity contribution in [1.29, 1.82) is 0 Å². The topological polar surface area (TPSA) is 98.5 Å². The first-order chi connectivity index (χ1) is 14.3. The Morgan fingerprint density at radius 3 is 2.39 bits per heavy atom. The van der Waals surface area contributed by atoms with Crippen molar-refractivity contribution in [3.63, 3.8) is 0 Å². The highest BCUT2D eigenvalue weighted by Gasteiger charge is 2.39. The van der Waals surface area contributed by atoms with Crippen LogP contribution in [0.4, 0.5) is 37.7 Å². The minimum Gasteiger partial charge on any atom is -0.477 e. The number of benzene rings is 2. The van der Waals surface area contributed by atoms with Gasteiger partial charge in [0.15, 0.2) is 23.2 Å². The molecule has 1 amide bonds. The van der Waals surface area contributed by atoms with Gasteiger partial charge in [-0.05, 0) is 42.1 Å². The Hall–Kier alpha value is -2.81. The van der Waals surface area contributed by atoms with Gasteiger partial charge < -0.3 is 10.1 Å². The number of alkyl halides is 6. The Bertz CT molecular complexity index is 1010. The molecular formula is C16H10F6N2O5S2. The molecule has 0 spiro atoms. The van der Waals surface area contributed by atoms with Gasteiger partial charge in [-0.1, -0.05) is 6.07 Å². The van der Waals surface area contributed by atoms with Gasteiger partial charge in [-0.3, -0.25) is 14.9 Å². The maximum absolute atomic E-state index is 12.5. The second-order valence-electron chi connectivity index (χ2n) is 5.51. The number of nitro benzene ring substituents is 1. The highest BCUT2D eigenvalue weighted by Crippen LogP contribution is 2.37. The van der Waals surface area contributed by atoms with Gasteiger partial charge in [0.2, 0.25) is 0 Å². The second-order valence-corrected chi connectivity index (χ2v) is 8.12. The minimum absolute atomic E-state index is 0.00623.